The zero-order chi connectivity index (χ0) is 17.8. The summed E-state index contributed by atoms with van der Waals surface area (Å²) in [6.45, 7) is 0. The number of rotatable bonds is 3. The van der Waals surface area contributed by atoms with Crippen molar-refractivity contribution in [3.63, 3.8) is 0 Å². The first-order chi connectivity index (χ1) is 12.7. The van der Waals surface area contributed by atoms with Crippen molar-refractivity contribution in [1.29, 1.82) is 0 Å². The first-order valence-electron chi connectivity index (χ1n) is 9.37. The van der Waals surface area contributed by atoms with E-state index < -0.39 is 5.60 Å². The number of Topliss-reactive ketones (excluding diaryl/α,β-unsaturated/α-hetero) is 1. The van der Waals surface area contributed by atoms with Gasteiger partial charge < -0.3 is 9.47 Å². The summed E-state index contributed by atoms with van der Waals surface area (Å²) in [5, 5.41) is 0. The SMILES string of the molecule is COc1ccc(C2(c3ccccc3)OC3=C(C(=O)CCC3)C23CC3)cc1. The van der Waals surface area contributed by atoms with Gasteiger partial charge in [0.05, 0.1) is 12.5 Å². The third-order valence-corrected chi connectivity index (χ3v) is 6.22. The van der Waals surface area contributed by atoms with Gasteiger partial charge in [0.2, 0.25) is 0 Å². The maximum absolute atomic E-state index is 12.8. The van der Waals surface area contributed by atoms with Gasteiger partial charge in [-0.05, 0) is 31.4 Å². The van der Waals surface area contributed by atoms with Crippen LogP contribution in [0, 0.1) is 5.41 Å². The molecule has 3 aliphatic rings. The Morgan fingerprint density at radius 1 is 0.923 bits per heavy atom. The third kappa shape index (κ3) is 1.91. The molecule has 0 amide bonds. The van der Waals surface area contributed by atoms with Gasteiger partial charge in [0.15, 0.2) is 11.4 Å². The van der Waals surface area contributed by atoms with Crippen LogP contribution < -0.4 is 4.74 Å². The van der Waals surface area contributed by atoms with Crippen LogP contribution >= 0.6 is 0 Å². The zero-order valence-electron chi connectivity index (χ0n) is 15.0. The van der Waals surface area contributed by atoms with Gasteiger partial charge in [0, 0.05) is 29.5 Å². The van der Waals surface area contributed by atoms with Gasteiger partial charge in [0.1, 0.15) is 11.5 Å². The molecule has 1 saturated carbocycles. The van der Waals surface area contributed by atoms with Crippen LogP contribution in [0.2, 0.25) is 0 Å². The number of fused-ring (bicyclic) bond motifs is 1. The van der Waals surface area contributed by atoms with Crippen LogP contribution in [-0.4, -0.2) is 12.9 Å². The number of ether oxygens (including phenoxy) is 2. The number of carbonyl (C=O) groups excluding carboxylic acids is 1. The lowest BCUT2D eigenvalue weighted by molar-refractivity contribution is -0.116. The van der Waals surface area contributed by atoms with E-state index in [0.717, 1.165) is 53.9 Å². The van der Waals surface area contributed by atoms with E-state index in [1.54, 1.807) is 7.11 Å². The minimum atomic E-state index is -0.606. The van der Waals surface area contributed by atoms with E-state index in [9.17, 15) is 4.79 Å². The predicted molar refractivity (Wildman–Crippen MR) is 98.9 cm³/mol. The number of carbonyl (C=O) groups is 1. The van der Waals surface area contributed by atoms with Gasteiger partial charge in [-0.25, -0.2) is 0 Å². The standard InChI is InChI=1S/C23H22O3/c1-25-18-12-10-17(11-13-18)23(16-6-3-2-4-7-16)22(14-15-22)21-19(24)8-5-9-20(21)26-23/h2-4,6-7,10-13H,5,8-9,14-15H2,1H3. The van der Waals surface area contributed by atoms with Crippen LogP contribution in [-0.2, 0) is 15.1 Å². The maximum Gasteiger partial charge on any atom is 0.168 e. The Bertz CT molecular complexity index is 891. The molecule has 132 valence electrons. The number of methoxy groups -OCH3 is 1. The van der Waals surface area contributed by atoms with Gasteiger partial charge >= 0.3 is 0 Å². The summed E-state index contributed by atoms with van der Waals surface area (Å²) < 4.78 is 12.1. The van der Waals surface area contributed by atoms with Crippen molar-refractivity contribution >= 4 is 5.78 Å². The molecule has 0 bridgehead atoms. The minimum absolute atomic E-state index is 0.213. The second-order valence-corrected chi connectivity index (χ2v) is 7.53. The number of ketones is 1. The largest absolute Gasteiger partial charge is 0.497 e. The first-order valence-corrected chi connectivity index (χ1v) is 9.37. The Balaban J connectivity index is 1.73. The summed E-state index contributed by atoms with van der Waals surface area (Å²) in [4.78, 5) is 12.8. The molecular formula is C23H22O3. The summed E-state index contributed by atoms with van der Waals surface area (Å²) in [5.41, 5.74) is 2.39. The molecular weight excluding hydrogens is 324 g/mol. The second-order valence-electron chi connectivity index (χ2n) is 7.53. The summed E-state index contributed by atoms with van der Waals surface area (Å²) in [6.07, 6.45) is 4.41. The molecule has 3 heteroatoms. The molecule has 0 saturated heterocycles. The molecule has 1 fully saturated rings. The van der Waals surface area contributed by atoms with Crippen LogP contribution in [0.15, 0.2) is 65.9 Å². The smallest absolute Gasteiger partial charge is 0.168 e. The lowest BCUT2D eigenvalue weighted by Gasteiger charge is -2.37. The second kappa shape index (κ2) is 5.47. The molecule has 2 aromatic carbocycles. The monoisotopic (exact) mass is 346 g/mol. The quantitative estimate of drug-likeness (QED) is 0.804. The summed E-state index contributed by atoms with van der Waals surface area (Å²) >= 11 is 0. The molecule has 26 heavy (non-hydrogen) atoms. The van der Waals surface area contributed by atoms with Crippen molar-refractivity contribution in [3.8, 4) is 5.75 Å². The molecule has 1 unspecified atom stereocenters. The number of benzene rings is 2. The molecule has 0 radical (unpaired) electrons. The van der Waals surface area contributed by atoms with E-state index in [1.165, 1.54) is 0 Å². The molecule has 5 rings (SSSR count). The average molecular weight is 346 g/mol. The van der Waals surface area contributed by atoms with E-state index >= 15 is 0 Å². The molecule has 0 aromatic heterocycles. The van der Waals surface area contributed by atoms with E-state index in [-0.39, 0.29) is 11.2 Å². The van der Waals surface area contributed by atoms with E-state index in [4.69, 9.17) is 9.47 Å². The fourth-order valence-electron chi connectivity index (χ4n) is 4.97. The summed E-state index contributed by atoms with van der Waals surface area (Å²) in [6, 6.07) is 18.6. The Labute approximate surface area is 153 Å². The minimum Gasteiger partial charge on any atom is -0.497 e. The number of allylic oxidation sites excluding steroid dienone is 1. The molecule has 1 aliphatic heterocycles. The molecule has 3 nitrogen and oxygen atoms in total. The maximum atomic E-state index is 12.8. The summed E-state index contributed by atoms with van der Waals surface area (Å²) in [5.74, 6) is 2.04. The highest BCUT2D eigenvalue weighted by molar-refractivity contribution is 5.99. The molecule has 1 spiro atoms. The Morgan fingerprint density at radius 2 is 1.62 bits per heavy atom. The summed E-state index contributed by atoms with van der Waals surface area (Å²) in [7, 11) is 1.68. The highest BCUT2D eigenvalue weighted by Gasteiger charge is 2.70. The average Bonchev–Trinajstić information content (AvgIpc) is 3.42. The van der Waals surface area contributed by atoms with Gasteiger partial charge in [0.25, 0.3) is 0 Å². The van der Waals surface area contributed by atoms with Crippen molar-refractivity contribution in [2.24, 2.45) is 5.41 Å². The van der Waals surface area contributed by atoms with Crippen molar-refractivity contribution in [2.45, 2.75) is 37.7 Å². The lowest BCUT2D eigenvalue weighted by atomic mass is 9.69. The molecule has 1 heterocycles. The fraction of sp³-hybridized carbons (Fsp3) is 0.348. The third-order valence-electron chi connectivity index (χ3n) is 6.22. The lowest BCUT2D eigenvalue weighted by Crippen LogP contribution is -2.38. The van der Waals surface area contributed by atoms with Crippen molar-refractivity contribution in [3.05, 3.63) is 77.1 Å². The molecule has 2 aliphatic carbocycles. The van der Waals surface area contributed by atoms with Crippen molar-refractivity contribution in [1.82, 2.24) is 0 Å². The van der Waals surface area contributed by atoms with Crippen LogP contribution in [0.1, 0.15) is 43.2 Å². The van der Waals surface area contributed by atoms with Crippen LogP contribution in [0.3, 0.4) is 0 Å². The normalized spacial score (nSPS) is 25.8. The van der Waals surface area contributed by atoms with E-state index in [0.29, 0.717) is 6.42 Å². The van der Waals surface area contributed by atoms with Gasteiger partial charge in [-0.1, -0.05) is 42.5 Å². The van der Waals surface area contributed by atoms with Crippen LogP contribution in [0.5, 0.6) is 5.75 Å². The fourth-order valence-corrected chi connectivity index (χ4v) is 4.97. The van der Waals surface area contributed by atoms with E-state index in [1.807, 2.05) is 18.2 Å². The van der Waals surface area contributed by atoms with Crippen LogP contribution in [0.25, 0.3) is 0 Å². The topological polar surface area (TPSA) is 35.5 Å². The van der Waals surface area contributed by atoms with Crippen molar-refractivity contribution in [2.75, 3.05) is 7.11 Å². The Morgan fingerprint density at radius 3 is 2.27 bits per heavy atom. The van der Waals surface area contributed by atoms with Gasteiger partial charge in [-0.3, -0.25) is 4.79 Å². The highest BCUT2D eigenvalue weighted by atomic mass is 16.5. The van der Waals surface area contributed by atoms with Gasteiger partial charge in [-0.2, -0.15) is 0 Å². The van der Waals surface area contributed by atoms with Crippen molar-refractivity contribution < 1.29 is 14.3 Å². The molecule has 2 aromatic rings. The molecule has 1 atom stereocenters. The molecule has 0 N–H and O–H groups in total. The Kier molecular flexibility index (Phi) is 3.30. The number of hydrogen-bond acceptors (Lipinski definition) is 3. The van der Waals surface area contributed by atoms with Gasteiger partial charge in [-0.15, -0.1) is 0 Å². The Hall–Kier alpha value is -2.55. The first kappa shape index (κ1) is 15.7. The van der Waals surface area contributed by atoms with Crippen LogP contribution in [0.4, 0.5) is 0 Å². The zero-order valence-corrected chi connectivity index (χ0v) is 15.0. The van der Waals surface area contributed by atoms with E-state index in [2.05, 4.69) is 36.4 Å². The highest BCUT2D eigenvalue weighted by Crippen LogP contribution is 2.72. The predicted octanol–water partition coefficient (Wildman–Crippen LogP) is 4.76. The number of hydrogen-bond donors (Lipinski definition) is 0.